The van der Waals surface area contributed by atoms with E-state index >= 15 is 0 Å². The maximum atomic E-state index is 13.6. The van der Waals surface area contributed by atoms with Gasteiger partial charge in [-0.3, -0.25) is 0 Å². The zero-order chi connectivity index (χ0) is 13.3. The van der Waals surface area contributed by atoms with Gasteiger partial charge in [-0.05, 0) is 19.1 Å². The molecule has 0 atom stereocenters. The van der Waals surface area contributed by atoms with Gasteiger partial charge in [0.15, 0.2) is 5.82 Å². The standard InChI is InChI=1S/C12H8ClF2N3/c1-7-9(4-5-16)12(13)18(17-7)11-3-2-8(14)6-10(11)15/h2-3,6H,4H2,1H3. The highest BCUT2D eigenvalue weighted by molar-refractivity contribution is 6.30. The Bertz CT molecular complexity index is 644. The Balaban J connectivity index is 2.58. The largest absolute Gasteiger partial charge is 0.219 e. The molecule has 0 fully saturated rings. The highest BCUT2D eigenvalue weighted by atomic mass is 35.5. The van der Waals surface area contributed by atoms with E-state index in [2.05, 4.69) is 5.10 Å². The lowest BCUT2D eigenvalue weighted by Crippen LogP contribution is -2.00. The Morgan fingerprint density at radius 1 is 1.44 bits per heavy atom. The third kappa shape index (κ3) is 2.07. The number of rotatable bonds is 2. The van der Waals surface area contributed by atoms with Gasteiger partial charge in [-0.2, -0.15) is 10.4 Å². The third-order valence-electron chi connectivity index (χ3n) is 2.52. The monoisotopic (exact) mass is 267 g/mol. The predicted octanol–water partition coefficient (Wildman–Crippen LogP) is 3.18. The highest BCUT2D eigenvalue weighted by Gasteiger charge is 2.16. The zero-order valence-electron chi connectivity index (χ0n) is 9.41. The molecular weight excluding hydrogens is 260 g/mol. The number of halogens is 3. The fourth-order valence-electron chi connectivity index (χ4n) is 1.62. The van der Waals surface area contributed by atoms with Gasteiger partial charge in [-0.25, -0.2) is 13.5 Å². The van der Waals surface area contributed by atoms with E-state index in [1.807, 2.05) is 6.07 Å². The van der Waals surface area contributed by atoms with E-state index in [1.165, 1.54) is 10.7 Å². The summed E-state index contributed by atoms with van der Waals surface area (Å²) in [7, 11) is 0. The summed E-state index contributed by atoms with van der Waals surface area (Å²) in [4.78, 5) is 0. The van der Waals surface area contributed by atoms with Crippen LogP contribution in [-0.4, -0.2) is 9.78 Å². The number of aryl methyl sites for hydroxylation is 1. The van der Waals surface area contributed by atoms with Crippen LogP contribution in [0.3, 0.4) is 0 Å². The molecule has 0 bridgehead atoms. The van der Waals surface area contributed by atoms with E-state index in [0.29, 0.717) is 11.3 Å². The van der Waals surface area contributed by atoms with E-state index in [9.17, 15) is 8.78 Å². The molecule has 0 saturated carbocycles. The van der Waals surface area contributed by atoms with E-state index in [0.717, 1.165) is 12.1 Å². The SMILES string of the molecule is Cc1nn(-c2ccc(F)cc2F)c(Cl)c1CC#N. The van der Waals surface area contributed by atoms with Crippen LogP contribution in [0.2, 0.25) is 5.15 Å². The van der Waals surface area contributed by atoms with E-state index in [1.54, 1.807) is 6.92 Å². The van der Waals surface area contributed by atoms with Crippen LogP contribution in [0.1, 0.15) is 11.3 Å². The van der Waals surface area contributed by atoms with Gasteiger partial charge < -0.3 is 0 Å². The van der Waals surface area contributed by atoms with Gasteiger partial charge in [0.2, 0.25) is 0 Å². The molecule has 0 spiro atoms. The summed E-state index contributed by atoms with van der Waals surface area (Å²) in [6.07, 6.45) is 0.0908. The predicted molar refractivity (Wildman–Crippen MR) is 62.5 cm³/mol. The highest BCUT2D eigenvalue weighted by Crippen LogP contribution is 2.25. The molecule has 0 aliphatic heterocycles. The Morgan fingerprint density at radius 3 is 2.78 bits per heavy atom. The van der Waals surface area contributed by atoms with Crippen molar-refractivity contribution in [1.82, 2.24) is 9.78 Å². The average Bonchev–Trinajstić information content (AvgIpc) is 2.58. The van der Waals surface area contributed by atoms with Crippen molar-refractivity contribution in [3.8, 4) is 11.8 Å². The first-order valence-electron chi connectivity index (χ1n) is 5.11. The number of nitriles is 1. The topological polar surface area (TPSA) is 41.6 Å². The first-order valence-corrected chi connectivity index (χ1v) is 5.48. The zero-order valence-corrected chi connectivity index (χ0v) is 10.2. The lowest BCUT2D eigenvalue weighted by Gasteiger charge is -2.04. The second kappa shape index (κ2) is 4.75. The minimum atomic E-state index is -0.761. The Morgan fingerprint density at radius 2 is 2.17 bits per heavy atom. The van der Waals surface area contributed by atoms with Crippen molar-refractivity contribution in [2.24, 2.45) is 0 Å². The van der Waals surface area contributed by atoms with Gasteiger partial charge in [-0.15, -0.1) is 0 Å². The van der Waals surface area contributed by atoms with Crippen LogP contribution < -0.4 is 0 Å². The molecule has 18 heavy (non-hydrogen) atoms. The number of aromatic nitrogens is 2. The summed E-state index contributed by atoms with van der Waals surface area (Å²) < 4.78 is 27.6. The number of hydrogen-bond donors (Lipinski definition) is 0. The van der Waals surface area contributed by atoms with Gasteiger partial charge in [0.25, 0.3) is 0 Å². The molecule has 2 rings (SSSR count). The van der Waals surface area contributed by atoms with Crippen molar-refractivity contribution in [2.45, 2.75) is 13.3 Å². The molecule has 0 unspecified atom stereocenters. The summed E-state index contributed by atoms with van der Waals surface area (Å²) in [6.45, 7) is 1.68. The first-order chi connectivity index (χ1) is 8.54. The van der Waals surface area contributed by atoms with Crippen molar-refractivity contribution in [3.05, 3.63) is 46.2 Å². The molecule has 1 heterocycles. The van der Waals surface area contributed by atoms with Gasteiger partial charge in [0, 0.05) is 11.6 Å². The van der Waals surface area contributed by atoms with Crippen LogP contribution in [-0.2, 0) is 6.42 Å². The molecular formula is C12H8ClF2N3. The summed E-state index contributed by atoms with van der Waals surface area (Å²) in [6, 6.07) is 5.09. The summed E-state index contributed by atoms with van der Waals surface area (Å²) in [5, 5.41) is 12.9. The minimum Gasteiger partial charge on any atom is -0.219 e. The van der Waals surface area contributed by atoms with Crippen LogP contribution in [0.4, 0.5) is 8.78 Å². The van der Waals surface area contributed by atoms with E-state index in [-0.39, 0.29) is 17.3 Å². The van der Waals surface area contributed by atoms with Gasteiger partial charge in [-0.1, -0.05) is 11.6 Å². The number of nitrogens with zero attached hydrogens (tertiary/aromatic N) is 3. The summed E-state index contributed by atoms with van der Waals surface area (Å²) in [5.74, 6) is -1.43. The third-order valence-corrected chi connectivity index (χ3v) is 2.90. The molecule has 92 valence electrons. The summed E-state index contributed by atoms with van der Waals surface area (Å²) in [5.41, 5.74) is 1.14. The van der Waals surface area contributed by atoms with Crippen molar-refractivity contribution in [2.75, 3.05) is 0 Å². The summed E-state index contributed by atoms with van der Waals surface area (Å²) >= 11 is 6.04. The smallest absolute Gasteiger partial charge is 0.151 e. The first kappa shape index (κ1) is 12.5. The molecule has 0 aliphatic carbocycles. The molecule has 0 N–H and O–H groups in total. The maximum Gasteiger partial charge on any atom is 0.151 e. The van der Waals surface area contributed by atoms with Gasteiger partial charge >= 0.3 is 0 Å². The second-order valence-corrected chi connectivity index (χ2v) is 4.06. The molecule has 2 aromatic rings. The molecule has 0 saturated heterocycles. The van der Waals surface area contributed by atoms with Crippen LogP contribution in [0.25, 0.3) is 5.69 Å². The molecule has 1 aromatic carbocycles. The number of hydrogen-bond acceptors (Lipinski definition) is 2. The van der Waals surface area contributed by atoms with Crippen LogP contribution in [0.5, 0.6) is 0 Å². The van der Waals surface area contributed by atoms with Crippen molar-refractivity contribution < 1.29 is 8.78 Å². The molecule has 3 nitrogen and oxygen atoms in total. The van der Waals surface area contributed by atoms with E-state index < -0.39 is 11.6 Å². The minimum absolute atomic E-state index is 0.0497. The van der Waals surface area contributed by atoms with Crippen molar-refractivity contribution >= 4 is 11.6 Å². The maximum absolute atomic E-state index is 13.6. The van der Waals surface area contributed by atoms with Crippen LogP contribution in [0, 0.1) is 29.9 Å². The average molecular weight is 268 g/mol. The van der Waals surface area contributed by atoms with Crippen molar-refractivity contribution in [1.29, 1.82) is 5.26 Å². The van der Waals surface area contributed by atoms with Gasteiger partial charge in [0.05, 0.1) is 18.2 Å². The van der Waals surface area contributed by atoms with Crippen LogP contribution in [0.15, 0.2) is 18.2 Å². The van der Waals surface area contributed by atoms with E-state index in [4.69, 9.17) is 16.9 Å². The fourth-order valence-corrected chi connectivity index (χ4v) is 1.96. The molecule has 0 aliphatic rings. The lowest BCUT2D eigenvalue weighted by atomic mass is 10.2. The fraction of sp³-hybridized carbons (Fsp3) is 0.167. The van der Waals surface area contributed by atoms with Crippen molar-refractivity contribution in [3.63, 3.8) is 0 Å². The molecule has 6 heteroatoms. The van der Waals surface area contributed by atoms with Gasteiger partial charge in [0.1, 0.15) is 16.7 Å². The number of benzene rings is 1. The molecule has 1 aromatic heterocycles. The Hall–Kier alpha value is -1.93. The lowest BCUT2D eigenvalue weighted by molar-refractivity contribution is 0.573. The normalized spacial score (nSPS) is 10.4. The Kier molecular flexibility index (Phi) is 3.30. The molecule has 0 amide bonds. The Labute approximate surface area is 107 Å². The second-order valence-electron chi connectivity index (χ2n) is 3.70. The van der Waals surface area contributed by atoms with Crippen LogP contribution >= 0.6 is 11.6 Å². The molecule has 0 radical (unpaired) electrons. The quantitative estimate of drug-likeness (QED) is 0.839.